The number of nitrogens with zero attached hydrogens (tertiary/aromatic N) is 1. The number of rotatable bonds is 5. The van der Waals surface area contributed by atoms with Crippen LogP contribution in [0.25, 0.3) is 0 Å². The van der Waals surface area contributed by atoms with Gasteiger partial charge in [-0.3, -0.25) is 0 Å². The van der Waals surface area contributed by atoms with Crippen LogP contribution in [0.15, 0.2) is 21.6 Å². The molecule has 1 aromatic rings. The number of hydrogen-bond donors (Lipinski definition) is 0. The van der Waals surface area contributed by atoms with Gasteiger partial charge in [-0.15, -0.1) is 11.6 Å². The van der Waals surface area contributed by atoms with Gasteiger partial charge in [0.2, 0.25) is 5.09 Å². The Morgan fingerprint density at radius 3 is 2.50 bits per heavy atom. The molecular formula is C10H16ClNO3S. The van der Waals surface area contributed by atoms with Crippen LogP contribution in [0, 0.1) is 5.92 Å². The summed E-state index contributed by atoms with van der Waals surface area (Å²) in [6.07, 6.45) is 0. The van der Waals surface area contributed by atoms with Crippen LogP contribution in [0.2, 0.25) is 0 Å². The van der Waals surface area contributed by atoms with E-state index in [0.29, 0.717) is 12.3 Å². The predicted molar refractivity (Wildman–Crippen MR) is 62.9 cm³/mol. The zero-order chi connectivity index (χ0) is 12.3. The Hall–Kier alpha value is -0.520. The molecule has 0 radical (unpaired) electrons. The standard InChI is InChI=1S/C10H16ClNO3S/c1-8(2)7-12(3)16(13,14)10-5-4-9(6-11)15-10/h4-5,8H,6-7H2,1-3H3. The first-order chi connectivity index (χ1) is 7.37. The summed E-state index contributed by atoms with van der Waals surface area (Å²) in [4.78, 5) is 0. The maximum atomic E-state index is 12.0. The van der Waals surface area contributed by atoms with E-state index in [1.807, 2.05) is 13.8 Å². The second kappa shape index (κ2) is 5.21. The van der Waals surface area contributed by atoms with Crippen LogP contribution in [0.1, 0.15) is 19.6 Å². The Kier molecular flexibility index (Phi) is 4.41. The van der Waals surface area contributed by atoms with Gasteiger partial charge in [0.15, 0.2) is 0 Å². The molecule has 16 heavy (non-hydrogen) atoms. The number of halogens is 1. The second-order valence-corrected chi connectivity index (χ2v) is 6.28. The number of furan rings is 1. The van der Waals surface area contributed by atoms with Crippen molar-refractivity contribution in [3.8, 4) is 0 Å². The Morgan fingerprint density at radius 2 is 2.06 bits per heavy atom. The van der Waals surface area contributed by atoms with Crippen molar-refractivity contribution in [3.05, 3.63) is 17.9 Å². The average molecular weight is 266 g/mol. The van der Waals surface area contributed by atoms with Gasteiger partial charge >= 0.3 is 0 Å². The van der Waals surface area contributed by atoms with E-state index in [9.17, 15) is 8.42 Å². The SMILES string of the molecule is CC(C)CN(C)S(=O)(=O)c1ccc(CCl)o1. The molecule has 4 nitrogen and oxygen atoms in total. The normalized spacial score (nSPS) is 12.6. The topological polar surface area (TPSA) is 50.5 Å². The highest BCUT2D eigenvalue weighted by atomic mass is 35.5. The molecule has 92 valence electrons. The fourth-order valence-electron chi connectivity index (χ4n) is 1.33. The lowest BCUT2D eigenvalue weighted by atomic mass is 10.2. The second-order valence-electron chi connectivity index (χ2n) is 4.03. The van der Waals surface area contributed by atoms with Gasteiger partial charge in [0.25, 0.3) is 10.0 Å². The molecular weight excluding hydrogens is 250 g/mol. The van der Waals surface area contributed by atoms with E-state index in [1.54, 1.807) is 6.07 Å². The minimum absolute atomic E-state index is 0.0497. The lowest BCUT2D eigenvalue weighted by Crippen LogP contribution is -2.30. The number of hydrogen-bond acceptors (Lipinski definition) is 3. The van der Waals surface area contributed by atoms with Gasteiger partial charge in [-0.2, -0.15) is 4.31 Å². The van der Waals surface area contributed by atoms with E-state index >= 15 is 0 Å². The summed E-state index contributed by atoms with van der Waals surface area (Å²) >= 11 is 5.55. The van der Waals surface area contributed by atoms with Crippen LogP contribution in [-0.4, -0.2) is 26.3 Å². The first-order valence-electron chi connectivity index (χ1n) is 4.99. The lowest BCUT2D eigenvalue weighted by molar-refractivity contribution is 0.377. The molecule has 0 saturated carbocycles. The van der Waals surface area contributed by atoms with Gasteiger partial charge in [-0.25, -0.2) is 8.42 Å². The highest BCUT2D eigenvalue weighted by molar-refractivity contribution is 7.89. The summed E-state index contributed by atoms with van der Waals surface area (Å²) in [5, 5.41) is -0.0497. The van der Waals surface area contributed by atoms with Gasteiger partial charge < -0.3 is 4.42 Å². The summed E-state index contributed by atoms with van der Waals surface area (Å²) in [6, 6.07) is 3.01. The molecule has 0 unspecified atom stereocenters. The highest BCUT2D eigenvalue weighted by Crippen LogP contribution is 2.19. The minimum Gasteiger partial charge on any atom is -0.447 e. The van der Waals surface area contributed by atoms with Crippen molar-refractivity contribution in [2.45, 2.75) is 24.8 Å². The van der Waals surface area contributed by atoms with Crippen molar-refractivity contribution in [2.24, 2.45) is 5.92 Å². The van der Waals surface area contributed by atoms with E-state index in [-0.39, 0.29) is 16.9 Å². The monoisotopic (exact) mass is 265 g/mol. The fourth-order valence-corrected chi connectivity index (χ4v) is 2.73. The van der Waals surface area contributed by atoms with E-state index in [0.717, 1.165) is 0 Å². The smallest absolute Gasteiger partial charge is 0.276 e. The van der Waals surface area contributed by atoms with Crippen molar-refractivity contribution in [1.29, 1.82) is 0 Å². The maximum absolute atomic E-state index is 12.0. The molecule has 0 bridgehead atoms. The molecule has 0 spiro atoms. The molecule has 0 fully saturated rings. The molecule has 0 aromatic carbocycles. The van der Waals surface area contributed by atoms with E-state index in [2.05, 4.69) is 0 Å². The average Bonchev–Trinajstić information content (AvgIpc) is 2.65. The number of sulfonamides is 1. The van der Waals surface area contributed by atoms with Crippen molar-refractivity contribution in [1.82, 2.24) is 4.31 Å². The van der Waals surface area contributed by atoms with Crippen LogP contribution in [0.4, 0.5) is 0 Å². The van der Waals surface area contributed by atoms with Crippen LogP contribution < -0.4 is 0 Å². The first-order valence-corrected chi connectivity index (χ1v) is 6.96. The Labute approximate surface area is 101 Å². The fraction of sp³-hybridized carbons (Fsp3) is 0.600. The van der Waals surface area contributed by atoms with Crippen molar-refractivity contribution >= 4 is 21.6 Å². The largest absolute Gasteiger partial charge is 0.447 e. The Morgan fingerprint density at radius 1 is 1.44 bits per heavy atom. The third kappa shape index (κ3) is 2.99. The third-order valence-electron chi connectivity index (χ3n) is 2.06. The quantitative estimate of drug-likeness (QED) is 0.768. The van der Waals surface area contributed by atoms with E-state index in [4.69, 9.17) is 16.0 Å². The minimum atomic E-state index is -3.52. The summed E-state index contributed by atoms with van der Waals surface area (Å²) in [5.41, 5.74) is 0. The molecule has 0 amide bonds. The molecule has 1 rings (SSSR count). The van der Waals surface area contributed by atoms with Crippen molar-refractivity contribution < 1.29 is 12.8 Å². The lowest BCUT2D eigenvalue weighted by Gasteiger charge is -2.17. The maximum Gasteiger partial charge on any atom is 0.276 e. The van der Waals surface area contributed by atoms with Crippen LogP contribution in [0.5, 0.6) is 0 Å². The molecule has 0 saturated heterocycles. The first kappa shape index (κ1) is 13.5. The van der Waals surface area contributed by atoms with Gasteiger partial charge in [-0.05, 0) is 18.1 Å². The van der Waals surface area contributed by atoms with Crippen LogP contribution in [0.3, 0.4) is 0 Å². The molecule has 0 atom stereocenters. The van der Waals surface area contributed by atoms with Crippen LogP contribution in [-0.2, 0) is 15.9 Å². The Balaban J connectivity index is 2.92. The molecule has 0 aliphatic heterocycles. The Bertz CT molecular complexity index is 439. The van der Waals surface area contributed by atoms with E-state index < -0.39 is 10.0 Å². The van der Waals surface area contributed by atoms with Crippen molar-refractivity contribution in [3.63, 3.8) is 0 Å². The summed E-state index contributed by atoms with van der Waals surface area (Å²) in [5.74, 6) is 0.893. The summed E-state index contributed by atoms with van der Waals surface area (Å²) in [6.45, 7) is 4.37. The van der Waals surface area contributed by atoms with Gasteiger partial charge in [0, 0.05) is 13.6 Å². The highest BCUT2D eigenvalue weighted by Gasteiger charge is 2.24. The molecule has 0 aliphatic rings. The molecule has 0 N–H and O–H groups in total. The number of alkyl halides is 1. The van der Waals surface area contributed by atoms with Gasteiger partial charge in [0.05, 0.1) is 5.88 Å². The van der Waals surface area contributed by atoms with Crippen molar-refractivity contribution in [2.75, 3.05) is 13.6 Å². The summed E-state index contributed by atoms with van der Waals surface area (Å²) < 4.78 is 30.4. The van der Waals surface area contributed by atoms with Gasteiger partial charge in [0.1, 0.15) is 5.76 Å². The molecule has 0 aliphatic carbocycles. The third-order valence-corrected chi connectivity index (χ3v) is 4.02. The van der Waals surface area contributed by atoms with E-state index in [1.165, 1.54) is 17.4 Å². The zero-order valence-corrected chi connectivity index (χ0v) is 11.2. The zero-order valence-electron chi connectivity index (χ0n) is 9.60. The van der Waals surface area contributed by atoms with Crippen LogP contribution >= 0.6 is 11.6 Å². The predicted octanol–water partition coefficient (Wildman–Crippen LogP) is 2.29. The summed E-state index contributed by atoms with van der Waals surface area (Å²) in [7, 11) is -1.98. The molecule has 1 heterocycles. The molecule has 6 heteroatoms. The van der Waals surface area contributed by atoms with Gasteiger partial charge in [-0.1, -0.05) is 13.8 Å². The molecule has 1 aromatic heterocycles.